The van der Waals surface area contributed by atoms with E-state index in [9.17, 15) is 4.79 Å². The van der Waals surface area contributed by atoms with Gasteiger partial charge >= 0.3 is 0 Å². The Morgan fingerprint density at radius 3 is 2.70 bits per heavy atom. The summed E-state index contributed by atoms with van der Waals surface area (Å²) in [6, 6.07) is 0. The predicted molar refractivity (Wildman–Crippen MR) is 41.4 cm³/mol. The Hall–Kier alpha value is -0.790. The maximum absolute atomic E-state index is 10.1. The van der Waals surface area contributed by atoms with Gasteiger partial charge in [-0.2, -0.15) is 0 Å². The summed E-state index contributed by atoms with van der Waals surface area (Å²) in [5.41, 5.74) is 0. The number of unbranched alkanes of at least 4 members (excludes halogenated alkanes) is 2. The average molecular weight is 140 g/mol. The maximum atomic E-state index is 10.1. The Balaban J connectivity index is 3.02. The standard InChI is InChI=1S/C8H14NO/c1-3-4-5-6-7-9(2)8-10/h1,3,8H,4-7H2,2H3. The van der Waals surface area contributed by atoms with Crippen LogP contribution in [0.5, 0.6) is 0 Å². The molecule has 0 aliphatic carbocycles. The molecule has 1 amide bonds. The van der Waals surface area contributed by atoms with E-state index in [1.165, 1.54) is 0 Å². The van der Waals surface area contributed by atoms with Crippen LogP contribution in [0.1, 0.15) is 19.3 Å². The summed E-state index contributed by atoms with van der Waals surface area (Å²) in [6.07, 6.45) is 5.53. The molecule has 0 spiro atoms. The first kappa shape index (κ1) is 9.21. The summed E-state index contributed by atoms with van der Waals surface area (Å²) < 4.78 is 0. The van der Waals surface area contributed by atoms with E-state index < -0.39 is 0 Å². The maximum Gasteiger partial charge on any atom is 0.209 e. The van der Waals surface area contributed by atoms with E-state index in [4.69, 9.17) is 6.58 Å². The van der Waals surface area contributed by atoms with Gasteiger partial charge in [0.25, 0.3) is 0 Å². The molecule has 0 heterocycles. The summed E-state index contributed by atoms with van der Waals surface area (Å²) in [5.74, 6) is 0. The van der Waals surface area contributed by atoms with Crippen LogP contribution in [-0.2, 0) is 4.79 Å². The van der Waals surface area contributed by atoms with Gasteiger partial charge in [-0.25, -0.2) is 0 Å². The Labute approximate surface area is 62.5 Å². The molecule has 10 heavy (non-hydrogen) atoms. The first-order valence-corrected chi connectivity index (χ1v) is 3.50. The smallest absolute Gasteiger partial charge is 0.209 e. The summed E-state index contributed by atoms with van der Waals surface area (Å²) in [7, 11) is 1.78. The van der Waals surface area contributed by atoms with Crippen molar-refractivity contribution in [2.45, 2.75) is 19.3 Å². The molecule has 0 N–H and O–H groups in total. The number of nitrogens with zero attached hydrogens (tertiary/aromatic N) is 1. The average Bonchev–Trinajstić information content (AvgIpc) is 1.98. The number of carbonyl (C=O) groups is 1. The molecule has 57 valence electrons. The zero-order valence-electron chi connectivity index (χ0n) is 6.42. The van der Waals surface area contributed by atoms with Crippen LogP contribution in [0, 0.1) is 6.58 Å². The molecule has 2 heteroatoms. The third-order valence-electron chi connectivity index (χ3n) is 1.31. The van der Waals surface area contributed by atoms with Crippen molar-refractivity contribution in [3.8, 4) is 0 Å². The van der Waals surface area contributed by atoms with Crippen LogP contribution in [-0.4, -0.2) is 24.9 Å². The fourth-order valence-corrected chi connectivity index (χ4v) is 0.676. The van der Waals surface area contributed by atoms with Crippen LogP contribution in [0.25, 0.3) is 0 Å². The first-order valence-electron chi connectivity index (χ1n) is 3.50. The quantitative estimate of drug-likeness (QED) is 0.401. The Morgan fingerprint density at radius 2 is 2.20 bits per heavy atom. The molecule has 2 nitrogen and oxygen atoms in total. The lowest BCUT2D eigenvalue weighted by molar-refractivity contribution is -0.117. The molecule has 0 atom stereocenters. The SMILES string of the molecule is [CH]=CCCCCN(C)C=O. The van der Waals surface area contributed by atoms with Gasteiger partial charge in [-0.1, -0.05) is 12.7 Å². The molecule has 0 rings (SSSR count). The first-order chi connectivity index (χ1) is 4.81. The van der Waals surface area contributed by atoms with E-state index in [0.29, 0.717) is 0 Å². The van der Waals surface area contributed by atoms with Crippen LogP contribution in [0.2, 0.25) is 0 Å². The number of allylic oxidation sites excluding steroid dienone is 1. The zero-order chi connectivity index (χ0) is 7.82. The molecule has 1 radical (unpaired) electrons. The van der Waals surface area contributed by atoms with Crippen molar-refractivity contribution in [2.75, 3.05) is 13.6 Å². The minimum atomic E-state index is 0.831. The largest absolute Gasteiger partial charge is 0.348 e. The van der Waals surface area contributed by atoms with Gasteiger partial charge in [0.2, 0.25) is 6.41 Å². The van der Waals surface area contributed by atoms with Crippen LogP contribution in [0.4, 0.5) is 0 Å². The number of hydrogen-bond donors (Lipinski definition) is 0. The van der Waals surface area contributed by atoms with Crippen molar-refractivity contribution in [1.29, 1.82) is 0 Å². The van der Waals surface area contributed by atoms with Crippen LogP contribution in [0.3, 0.4) is 0 Å². The second-order valence-electron chi connectivity index (χ2n) is 2.32. The molecule has 0 aromatic carbocycles. The number of rotatable bonds is 6. The molecule has 0 unspecified atom stereocenters. The van der Waals surface area contributed by atoms with Crippen LogP contribution in [0.15, 0.2) is 6.08 Å². The highest BCUT2D eigenvalue weighted by molar-refractivity contribution is 5.46. The third-order valence-corrected chi connectivity index (χ3v) is 1.31. The fourth-order valence-electron chi connectivity index (χ4n) is 0.676. The molecule has 0 aliphatic rings. The predicted octanol–water partition coefficient (Wildman–Crippen LogP) is 1.23. The van der Waals surface area contributed by atoms with Crippen LogP contribution < -0.4 is 0 Å². The van der Waals surface area contributed by atoms with Gasteiger partial charge in [0.1, 0.15) is 0 Å². The van der Waals surface area contributed by atoms with E-state index in [0.717, 1.165) is 32.2 Å². The highest BCUT2D eigenvalue weighted by atomic mass is 16.1. The number of carbonyl (C=O) groups excluding carboxylic acids is 1. The van der Waals surface area contributed by atoms with Crippen molar-refractivity contribution in [3.63, 3.8) is 0 Å². The number of hydrogen-bond acceptors (Lipinski definition) is 1. The zero-order valence-corrected chi connectivity index (χ0v) is 6.42. The second-order valence-corrected chi connectivity index (χ2v) is 2.32. The van der Waals surface area contributed by atoms with Crippen molar-refractivity contribution in [1.82, 2.24) is 4.90 Å². The third kappa shape index (κ3) is 5.35. The molecule has 0 saturated heterocycles. The normalized spacial score (nSPS) is 8.90. The summed E-state index contributed by atoms with van der Waals surface area (Å²) in [6.45, 7) is 6.00. The van der Waals surface area contributed by atoms with Gasteiger partial charge in [-0.05, 0) is 19.3 Å². The number of amides is 1. The van der Waals surface area contributed by atoms with Crippen molar-refractivity contribution < 1.29 is 4.79 Å². The van der Waals surface area contributed by atoms with Gasteiger partial charge in [0.05, 0.1) is 0 Å². The lowest BCUT2D eigenvalue weighted by atomic mass is 10.2. The molecule has 0 saturated carbocycles. The Kier molecular flexibility index (Phi) is 5.83. The van der Waals surface area contributed by atoms with Crippen molar-refractivity contribution in [2.24, 2.45) is 0 Å². The highest BCUT2D eigenvalue weighted by Gasteiger charge is 1.90. The summed E-state index contributed by atoms with van der Waals surface area (Å²) in [4.78, 5) is 11.7. The minimum absolute atomic E-state index is 0.831. The molecule has 0 aliphatic heterocycles. The molecule has 0 bridgehead atoms. The molecule has 0 aromatic rings. The molecule has 0 aromatic heterocycles. The lowest BCUT2D eigenvalue weighted by Crippen LogP contribution is -2.16. The van der Waals surface area contributed by atoms with E-state index in [-0.39, 0.29) is 0 Å². The minimum Gasteiger partial charge on any atom is -0.348 e. The van der Waals surface area contributed by atoms with E-state index >= 15 is 0 Å². The molecular weight excluding hydrogens is 126 g/mol. The van der Waals surface area contributed by atoms with Gasteiger partial charge in [0.15, 0.2) is 0 Å². The van der Waals surface area contributed by atoms with Crippen molar-refractivity contribution in [3.05, 3.63) is 12.7 Å². The molecule has 0 fully saturated rings. The summed E-state index contributed by atoms with van der Waals surface area (Å²) >= 11 is 0. The van der Waals surface area contributed by atoms with Crippen molar-refractivity contribution >= 4 is 6.41 Å². The van der Waals surface area contributed by atoms with E-state index in [1.54, 1.807) is 18.0 Å². The van der Waals surface area contributed by atoms with Gasteiger partial charge < -0.3 is 4.90 Å². The topological polar surface area (TPSA) is 20.3 Å². The van der Waals surface area contributed by atoms with Gasteiger partial charge in [-0.15, -0.1) is 0 Å². The monoisotopic (exact) mass is 140 g/mol. The van der Waals surface area contributed by atoms with Gasteiger partial charge in [-0.3, -0.25) is 4.79 Å². The highest BCUT2D eigenvalue weighted by Crippen LogP contribution is 1.95. The lowest BCUT2D eigenvalue weighted by Gasteiger charge is -2.08. The summed E-state index contributed by atoms with van der Waals surface area (Å²) in [5, 5.41) is 0. The Morgan fingerprint density at radius 1 is 1.50 bits per heavy atom. The van der Waals surface area contributed by atoms with Crippen LogP contribution >= 0.6 is 0 Å². The second kappa shape index (κ2) is 6.33. The molecular formula is C8H14NO. The van der Waals surface area contributed by atoms with Gasteiger partial charge in [0, 0.05) is 13.6 Å². The van der Waals surface area contributed by atoms with E-state index in [1.807, 2.05) is 0 Å². The van der Waals surface area contributed by atoms with E-state index in [2.05, 4.69) is 0 Å². The fraction of sp³-hybridized carbons (Fsp3) is 0.625. The Bertz CT molecular complexity index is 101.